The molecular formula is C12H13NO2S. The smallest absolute Gasteiger partial charge is 0.338 e. The van der Waals surface area contributed by atoms with E-state index in [1.807, 2.05) is 18.2 Å². The maximum Gasteiger partial charge on any atom is 0.338 e. The summed E-state index contributed by atoms with van der Waals surface area (Å²) in [7, 11) is 0. The van der Waals surface area contributed by atoms with Crippen LogP contribution in [0.3, 0.4) is 0 Å². The Morgan fingerprint density at radius 3 is 2.75 bits per heavy atom. The summed E-state index contributed by atoms with van der Waals surface area (Å²) < 4.78 is 4.87. The van der Waals surface area contributed by atoms with Gasteiger partial charge in [-0.15, -0.1) is 0 Å². The molecule has 0 saturated heterocycles. The summed E-state index contributed by atoms with van der Waals surface area (Å²) in [4.78, 5) is 15.4. The minimum Gasteiger partial charge on any atom is -0.411 e. The lowest BCUT2D eigenvalue weighted by atomic mass is 10.2. The second kappa shape index (κ2) is 5.16. The Bertz CT molecular complexity index is 403. The standard InChI is InChI=1S/C12H13NO2S/c1-9-13-11(12(14)15-9)8-16-7-10-5-3-2-4-6-10/h2-6,11H,7-8H2,1H3. The SMILES string of the molecule is CC1=NC(CSCc2ccccc2)C(=O)O1. The molecule has 0 aliphatic carbocycles. The molecule has 0 fully saturated rings. The zero-order valence-corrected chi connectivity index (χ0v) is 9.87. The molecule has 1 atom stereocenters. The highest BCUT2D eigenvalue weighted by Crippen LogP contribution is 2.17. The molecule has 1 aromatic rings. The number of carbonyl (C=O) groups excluding carboxylic acids is 1. The van der Waals surface area contributed by atoms with E-state index in [0.717, 1.165) is 5.75 Å². The van der Waals surface area contributed by atoms with Crippen LogP contribution in [-0.2, 0) is 15.3 Å². The topological polar surface area (TPSA) is 38.7 Å². The van der Waals surface area contributed by atoms with Gasteiger partial charge in [0.05, 0.1) is 0 Å². The molecule has 1 aliphatic heterocycles. The molecule has 1 unspecified atom stereocenters. The largest absolute Gasteiger partial charge is 0.411 e. The van der Waals surface area contributed by atoms with Crippen LogP contribution >= 0.6 is 11.8 Å². The van der Waals surface area contributed by atoms with E-state index in [1.165, 1.54) is 5.56 Å². The van der Waals surface area contributed by atoms with Crippen molar-refractivity contribution in [1.82, 2.24) is 0 Å². The Morgan fingerprint density at radius 1 is 1.38 bits per heavy atom. The molecule has 0 radical (unpaired) electrons. The number of carbonyl (C=O) groups is 1. The second-order valence-corrected chi connectivity index (χ2v) is 4.62. The number of benzene rings is 1. The van der Waals surface area contributed by atoms with E-state index in [1.54, 1.807) is 18.7 Å². The van der Waals surface area contributed by atoms with Crippen molar-refractivity contribution >= 4 is 23.6 Å². The summed E-state index contributed by atoms with van der Waals surface area (Å²) in [6.45, 7) is 1.71. The molecule has 4 heteroatoms. The van der Waals surface area contributed by atoms with Crippen LogP contribution in [0.4, 0.5) is 0 Å². The minimum atomic E-state index is -0.311. The zero-order chi connectivity index (χ0) is 11.4. The normalized spacial score (nSPS) is 19.4. The molecule has 0 aromatic heterocycles. The van der Waals surface area contributed by atoms with E-state index in [2.05, 4.69) is 17.1 Å². The van der Waals surface area contributed by atoms with Crippen molar-refractivity contribution in [2.24, 2.45) is 4.99 Å². The van der Waals surface area contributed by atoms with Gasteiger partial charge in [0.15, 0.2) is 11.9 Å². The molecule has 0 N–H and O–H groups in total. The quantitative estimate of drug-likeness (QED) is 0.751. The average Bonchev–Trinajstić information content (AvgIpc) is 2.59. The van der Waals surface area contributed by atoms with Gasteiger partial charge in [0.1, 0.15) is 0 Å². The number of esters is 1. The molecule has 1 aliphatic rings. The molecule has 0 spiro atoms. The van der Waals surface area contributed by atoms with Crippen molar-refractivity contribution in [3.8, 4) is 0 Å². The van der Waals surface area contributed by atoms with Crippen molar-refractivity contribution in [1.29, 1.82) is 0 Å². The Hall–Kier alpha value is -1.29. The molecular weight excluding hydrogens is 222 g/mol. The summed E-state index contributed by atoms with van der Waals surface area (Å²) in [6.07, 6.45) is 0. The van der Waals surface area contributed by atoms with Gasteiger partial charge < -0.3 is 4.74 Å². The Balaban J connectivity index is 1.79. The van der Waals surface area contributed by atoms with Crippen molar-refractivity contribution in [3.63, 3.8) is 0 Å². The van der Waals surface area contributed by atoms with Crippen LogP contribution in [0.15, 0.2) is 35.3 Å². The highest BCUT2D eigenvalue weighted by atomic mass is 32.2. The summed E-state index contributed by atoms with van der Waals surface area (Å²) in [5.74, 6) is 1.85. The van der Waals surface area contributed by atoms with Gasteiger partial charge >= 0.3 is 5.97 Å². The van der Waals surface area contributed by atoms with E-state index < -0.39 is 0 Å². The van der Waals surface area contributed by atoms with Crippen LogP contribution in [0.2, 0.25) is 0 Å². The number of ether oxygens (including phenoxy) is 1. The maximum absolute atomic E-state index is 11.3. The number of hydrogen-bond donors (Lipinski definition) is 0. The number of rotatable bonds is 4. The van der Waals surface area contributed by atoms with Crippen molar-refractivity contribution in [2.45, 2.75) is 18.7 Å². The van der Waals surface area contributed by atoms with Crippen LogP contribution < -0.4 is 0 Å². The van der Waals surface area contributed by atoms with Gasteiger partial charge in [-0.1, -0.05) is 30.3 Å². The molecule has 0 saturated carbocycles. The van der Waals surface area contributed by atoms with E-state index >= 15 is 0 Å². The Labute approximate surface area is 98.9 Å². The molecule has 0 bridgehead atoms. The van der Waals surface area contributed by atoms with Crippen LogP contribution in [-0.4, -0.2) is 23.7 Å². The third kappa shape index (κ3) is 2.85. The number of aliphatic imine (C=N–C) groups is 1. The fourth-order valence-corrected chi connectivity index (χ4v) is 2.46. The van der Waals surface area contributed by atoms with Crippen LogP contribution in [0.1, 0.15) is 12.5 Å². The second-order valence-electron chi connectivity index (χ2n) is 3.59. The first-order valence-corrected chi connectivity index (χ1v) is 6.29. The lowest BCUT2D eigenvalue weighted by molar-refractivity contribution is -0.134. The average molecular weight is 235 g/mol. The lowest BCUT2D eigenvalue weighted by Crippen LogP contribution is -2.17. The monoisotopic (exact) mass is 235 g/mol. The van der Waals surface area contributed by atoms with Gasteiger partial charge in [0.2, 0.25) is 0 Å². The highest BCUT2D eigenvalue weighted by Gasteiger charge is 2.26. The molecule has 1 aromatic carbocycles. The molecule has 3 nitrogen and oxygen atoms in total. The third-order valence-corrected chi connectivity index (χ3v) is 3.33. The number of hydrogen-bond acceptors (Lipinski definition) is 4. The zero-order valence-electron chi connectivity index (χ0n) is 9.05. The fraction of sp³-hybridized carbons (Fsp3) is 0.333. The maximum atomic E-state index is 11.3. The number of thioether (sulfide) groups is 1. The number of cyclic esters (lactones) is 1. The Kier molecular flexibility index (Phi) is 3.62. The first kappa shape index (κ1) is 11.2. The van der Waals surface area contributed by atoms with Gasteiger partial charge in [-0.05, 0) is 5.56 Å². The van der Waals surface area contributed by atoms with E-state index in [0.29, 0.717) is 11.7 Å². The van der Waals surface area contributed by atoms with Crippen molar-refractivity contribution in [2.75, 3.05) is 5.75 Å². The molecule has 84 valence electrons. The van der Waals surface area contributed by atoms with Crippen molar-refractivity contribution < 1.29 is 9.53 Å². The van der Waals surface area contributed by atoms with Crippen LogP contribution in [0.5, 0.6) is 0 Å². The lowest BCUT2D eigenvalue weighted by Gasteiger charge is -2.03. The molecule has 0 amide bonds. The third-order valence-electron chi connectivity index (χ3n) is 2.25. The first-order valence-electron chi connectivity index (χ1n) is 5.13. The van der Waals surface area contributed by atoms with E-state index in [9.17, 15) is 4.79 Å². The van der Waals surface area contributed by atoms with Gasteiger partial charge in [-0.25, -0.2) is 9.79 Å². The van der Waals surface area contributed by atoms with Crippen LogP contribution in [0, 0.1) is 0 Å². The number of nitrogens with zero attached hydrogens (tertiary/aromatic N) is 1. The Morgan fingerprint density at radius 2 is 2.12 bits per heavy atom. The van der Waals surface area contributed by atoms with Gasteiger partial charge in [0.25, 0.3) is 0 Å². The predicted molar refractivity (Wildman–Crippen MR) is 65.6 cm³/mol. The summed E-state index contributed by atoms with van der Waals surface area (Å²) in [6, 6.07) is 9.87. The van der Waals surface area contributed by atoms with Gasteiger partial charge in [-0.2, -0.15) is 11.8 Å². The van der Waals surface area contributed by atoms with Gasteiger partial charge in [-0.3, -0.25) is 0 Å². The van der Waals surface area contributed by atoms with Gasteiger partial charge in [0, 0.05) is 18.4 Å². The fourth-order valence-electron chi connectivity index (χ4n) is 1.48. The molecule has 16 heavy (non-hydrogen) atoms. The van der Waals surface area contributed by atoms with E-state index in [-0.39, 0.29) is 12.0 Å². The molecule has 2 rings (SSSR count). The van der Waals surface area contributed by atoms with Crippen molar-refractivity contribution in [3.05, 3.63) is 35.9 Å². The summed E-state index contributed by atoms with van der Waals surface area (Å²) in [5.41, 5.74) is 1.26. The predicted octanol–water partition coefficient (Wildman–Crippen LogP) is 2.26. The van der Waals surface area contributed by atoms with Crippen LogP contribution in [0.25, 0.3) is 0 Å². The summed E-state index contributed by atoms with van der Waals surface area (Å²) in [5, 5.41) is 0. The molecule has 1 heterocycles. The summed E-state index contributed by atoms with van der Waals surface area (Å²) >= 11 is 1.70. The first-order chi connectivity index (χ1) is 7.75. The van der Waals surface area contributed by atoms with E-state index in [4.69, 9.17) is 4.74 Å². The minimum absolute atomic E-state index is 0.224. The highest BCUT2D eigenvalue weighted by molar-refractivity contribution is 7.98.